The van der Waals surface area contributed by atoms with Crippen LogP contribution in [-0.4, -0.2) is 20.7 Å². The first kappa shape index (κ1) is 17.0. The summed E-state index contributed by atoms with van der Waals surface area (Å²) in [5.41, 5.74) is 1.09. The minimum absolute atomic E-state index is 0.0112. The largest absolute Gasteiger partial charge is 0.384 e. The molecule has 0 aliphatic rings. The number of sulfone groups is 1. The van der Waals surface area contributed by atoms with Gasteiger partial charge in [-0.1, -0.05) is 36.4 Å². The van der Waals surface area contributed by atoms with Crippen molar-refractivity contribution >= 4 is 15.5 Å². The molecule has 0 heterocycles. The van der Waals surface area contributed by atoms with Crippen LogP contribution in [0.2, 0.25) is 0 Å². The third-order valence-electron chi connectivity index (χ3n) is 3.30. The minimum atomic E-state index is -3.19. The average Bonchev–Trinajstić information content (AvgIpc) is 2.52. The predicted octanol–water partition coefficient (Wildman–Crippen LogP) is 3.11. The molecule has 23 heavy (non-hydrogen) atoms. The van der Waals surface area contributed by atoms with Crippen molar-refractivity contribution < 1.29 is 12.8 Å². The number of nitrogens with zero attached hydrogens (tertiary/aromatic N) is 1. The van der Waals surface area contributed by atoms with E-state index in [9.17, 15) is 12.8 Å². The van der Waals surface area contributed by atoms with E-state index in [1.807, 2.05) is 6.07 Å². The Morgan fingerprint density at radius 2 is 1.83 bits per heavy atom. The molecule has 0 radical (unpaired) electrons. The van der Waals surface area contributed by atoms with E-state index in [0.29, 0.717) is 18.7 Å². The molecule has 0 amide bonds. The third kappa shape index (κ3) is 5.08. The highest BCUT2D eigenvalue weighted by atomic mass is 32.2. The maximum Gasteiger partial charge on any atom is 0.154 e. The molecule has 6 heteroatoms. The van der Waals surface area contributed by atoms with Gasteiger partial charge in [0.05, 0.1) is 17.2 Å². The lowest BCUT2D eigenvalue weighted by atomic mass is 10.2. The zero-order valence-electron chi connectivity index (χ0n) is 12.5. The van der Waals surface area contributed by atoms with Crippen LogP contribution < -0.4 is 5.32 Å². The minimum Gasteiger partial charge on any atom is -0.384 e. The number of nitriles is 1. The van der Waals surface area contributed by atoms with Gasteiger partial charge in [-0.05, 0) is 24.1 Å². The SMILES string of the molecule is N#Cc1c(F)cccc1NCCCS(=O)(=O)Cc1ccccc1. The predicted molar refractivity (Wildman–Crippen MR) is 88.2 cm³/mol. The molecule has 2 aromatic rings. The van der Waals surface area contributed by atoms with Gasteiger partial charge >= 0.3 is 0 Å². The number of hydrogen-bond acceptors (Lipinski definition) is 4. The fourth-order valence-electron chi connectivity index (χ4n) is 2.20. The molecule has 1 N–H and O–H groups in total. The zero-order chi connectivity index (χ0) is 16.7. The van der Waals surface area contributed by atoms with Crippen molar-refractivity contribution in [3.8, 4) is 6.07 Å². The van der Waals surface area contributed by atoms with Crippen molar-refractivity contribution in [1.29, 1.82) is 5.26 Å². The monoisotopic (exact) mass is 332 g/mol. The van der Waals surface area contributed by atoms with Crippen molar-refractivity contribution in [2.45, 2.75) is 12.2 Å². The summed E-state index contributed by atoms with van der Waals surface area (Å²) in [6, 6.07) is 15.1. The van der Waals surface area contributed by atoms with E-state index in [1.54, 1.807) is 36.4 Å². The van der Waals surface area contributed by atoms with Gasteiger partial charge in [0.25, 0.3) is 0 Å². The summed E-state index contributed by atoms with van der Waals surface area (Å²) in [4.78, 5) is 0. The van der Waals surface area contributed by atoms with Crippen molar-refractivity contribution in [2.75, 3.05) is 17.6 Å². The first-order valence-corrected chi connectivity index (χ1v) is 9.01. The van der Waals surface area contributed by atoms with Crippen LogP contribution in [0.1, 0.15) is 17.5 Å². The van der Waals surface area contributed by atoms with E-state index < -0.39 is 15.7 Å². The van der Waals surface area contributed by atoms with Crippen molar-refractivity contribution in [2.24, 2.45) is 0 Å². The van der Waals surface area contributed by atoms with Crippen LogP contribution in [0.25, 0.3) is 0 Å². The maximum absolute atomic E-state index is 13.4. The summed E-state index contributed by atoms with van der Waals surface area (Å²) in [7, 11) is -3.19. The number of hydrogen-bond donors (Lipinski definition) is 1. The Kier molecular flexibility index (Phi) is 5.72. The molecule has 120 valence electrons. The van der Waals surface area contributed by atoms with E-state index in [2.05, 4.69) is 5.32 Å². The van der Waals surface area contributed by atoms with Gasteiger partial charge in [0.2, 0.25) is 0 Å². The molecule has 0 aliphatic heterocycles. The van der Waals surface area contributed by atoms with E-state index in [4.69, 9.17) is 5.26 Å². The molecule has 0 spiro atoms. The van der Waals surface area contributed by atoms with Crippen LogP contribution in [0.4, 0.5) is 10.1 Å². The van der Waals surface area contributed by atoms with Gasteiger partial charge in [0.1, 0.15) is 17.4 Å². The molecule has 0 unspecified atom stereocenters. The Labute approximate surface area is 135 Å². The van der Waals surface area contributed by atoms with E-state index in [0.717, 1.165) is 5.56 Å². The van der Waals surface area contributed by atoms with Crippen molar-refractivity contribution in [3.05, 3.63) is 65.5 Å². The van der Waals surface area contributed by atoms with Gasteiger partial charge in [-0.25, -0.2) is 12.8 Å². The molecule has 0 aromatic heterocycles. The summed E-state index contributed by atoms with van der Waals surface area (Å²) in [6.45, 7) is 0.353. The van der Waals surface area contributed by atoms with Crippen LogP contribution in [0, 0.1) is 17.1 Å². The Bertz CT molecular complexity index is 799. The first-order valence-electron chi connectivity index (χ1n) is 7.19. The normalized spacial score (nSPS) is 11.0. The molecule has 0 fully saturated rings. The Balaban J connectivity index is 1.86. The molecule has 0 atom stereocenters. The molecule has 2 aromatic carbocycles. The second-order valence-electron chi connectivity index (χ2n) is 5.13. The molecule has 0 saturated carbocycles. The molecule has 0 saturated heterocycles. The van der Waals surface area contributed by atoms with Gasteiger partial charge in [-0.3, -0.25) is 0 Å². The van der Waals surface area contributed by atoms with Gasteiger partial charge in [0, 0.05) is 6.54 Å². The van der Waals surface area contributed by atoms with Gasteiger partial charge in [0.15, 0.2) is 9.84 Å². The second kappa shape index (κ2) is 7.75. The Morgan fingerprint density at radius 3 is 2.52 bits per heavy atom. The average molecular weight is 332 g/mol. The Hall–Kier alpha value is -2.39. The number of nitrogens with one attached hydrogen (secondary N) is 1. The lowest BCUT2D eigenvalue weighted by Crippen LogP contribution is -2.13. The summed E-state index contributed by atoms with van der Waals surface area (Å²) in [5.74, 6) is -0.544. The van der Waals surface area contributed by atoms with Gasteiger partial charge in [-0.2, -0.15) is 5.26 Å². The number of halogens is 1. The van der Waals surface area contributed by atoms with Crippen LogP contribution in [-0.2, 0) is 15.6 Å². The van der Waals surface area contributed by atoms with Crippen LogP contribution in [0.3, 0.4) is 0 Å². The number of anilines is 1. The molecular formula is C17H17FN2O2S. The smallest absolute Gasteiger partial charge is 0.154 e. The van der Waals surface area contributed by atoms with Crippen LogP contribution in [0.5, 0.6) is 0 Å². The highest BCUT2D eigenvalue weighted by molar-refractivity contribution is 7.90. The van der Waals surface area contributed by atoms with Crippen molar-refractivity contribution in [1.82, 2.24) is 0 Å². The summed E-state index contributed by atoms with van der Waals surface area (Å²) < 4.78 is 37.5. The Morgan fingerprint density at radius 1 is 1.09 bits per heavy atom. The van der Waals surface area contributed by atoms with Gasteiger partial charge < -0.3 is 5.32 Å². The topological polar surface area (TPSA) is 70.0 Å². The quantitative estimate of drug-likeness (QED) is 0.791. The maximum atomic E-state index is 13.4. The lowest BCUT2D eigenvalue weighted by Gasteiger charge is -2.09. The summed E-state index contributed by atoms with van der Waals surface area (Å²) >= 11 is 0. The third-order valence-corrected chi connectivity index (χ3v) is 4.99. The van der Waals surface area contributed by atoms with Crippen molar-refractivity contribution in [3.63, 3.8) is 0 Å². The second-order valence-corrected chi connectivity index (χ2v) is 7.32. The molecule has 2 rings (SSSR count). The highest BCUT2D eigenvalue weighted by Crippen LogP contribution is 2.17. The highest BCUT2D eigenvalue weighted by Gasteiger charge is 2.12. The molecule has 0 bridgehead atoms. The van der Waals surface area contributed by atoms with E-state index in [-0.39, 0.29) is 17.1 Å². The fourth-order valence-corrected chi connectivity index (χ4v) is 3.63. The van der Waals surface area contributed by atoms with Crippen LogP contribution in [0.15, 0.2) is 48.5 Å². The number of benzene rings is 2. The van der Waals surface area contributed by atoms with E-state index in [1.165, 1.54) is 12.1 Å². The van der Waals surface area contributed by atoms with Crippen LogP contribution >= 0.6 is 0 Å². The molecular weight excluding hydrogens is 315 g/mol. The zero-order valence-corrected chi connectivity index (χ0v) is 13.3. The van der Waals surface area contributed by atoms with E-state index >= 15 is 0 Å². The summed E-state index contributed by atoms with van der Waals surface area (Å²) in [6.07, 6.45) is 0.385. The first-order chi connectivity index (χ1) is 11.0. The van der Waals surface area contributed by atoms with Gasteiger partial charge in [-0.15, -0.1) is 0 Å². The standard InChI is InChI=1S/C17H17FN2O2S/c18-16-8-4-9-17(15(16)12-19)20-10-5-11-23(21,22)13-14-6-2-1-3-7-14/h1-4,6-9,20H,5,10-11,13H2. The summed E-state index contributed by atoms with van der Waals surface area (Å²) in [5, 5.41) is 11.8. The molecule has 0 aliphatic carbocycles. The fraction of sp³-hybridized carbons (Fsp3) is 0.235. The molecule has 4 nitrogen and oxygen atoms in total. The lowest BCUT2D eigenvalue weighted by molar-refractivity contribution is 0.593. The number of rotatable bonds is 7.